The molecule has 0 aliphatic heterocycles. The minimum Gasteiger partial charge on any atom is -0.507 e. The summed E-state index contributed by atoms with van der Waals surface area (Å²) in [6.45, 7) is 0.150. The number of carbonyl (C=O) groups is 2. The highest BCUT2D eigenvalue weighted by Crippen LogP contribution is 2.39. The number of para-hydroxylation sites is 2. The van der Waals surface area contributed by atoms with Crippen LogP contribution in [0.4, 0.5) is 14.9 Å². The van der Waals surface area contributed by atoms with Crippen molar-refractivity contribution >= 4 is 28.7 Å². The molecule has 10 heteroatoms. The third-order valence-corrected chi connectivity index (χ3v) is 7.00. The van der Waals surface area contributed by atoms with Crippen molar-refractivity contribution in [2.75, 3.05) is 5.32 Å². The molecular weight excluding hydrogens is 511 g/mol. The number of anilines is 1. The van der Waals surface area contributed by atoms with E-state index in [9.17, 15) is 19.1 Å². The first-order valence-electron chi connectivity index (χ1n) is 12.9. The van der Waals surface area contributed by atoms with E-state index in [1.807, 2.05) is 24.3 Å². The van der Waals surface area contributed by atoms with Gasteiger partial charge in [0.15, 0.2) is 0 Å². The van der Waals surface area contributed by atoms with Crippen molar-refractivity contribution in [1.29, 1.82) is 0 Å². The Morgan fingerprint density at radius 1 is 1.00 bits per heavy atom. The highest BCUT2D eigenvalue weighted by Gasteiger charge is 2.27. The second kappa shape index (κ2) is 10.6. The van der Waals surface area contributed by atoms with Gasteiger partial charge < -0.3 is 15.7 Å². The smallest absolute Gasteiger partial charge is 0.342 e. The van der Waals surface area contributed by atoms with Gasteiger partial charge in [0.05, 0.1) is 28.6 Å². The number of amides is 2. The van der Waals surface area contributed by atoms with Crippen molar-refractivity contribution < 1.29 is 19.1 Å². The van der Waals surface area contributed by atoms with Crippen LogP contribution in [0.1, 0.15) is 46.9 Å². The van der Waals surface area contributed by atoms with E-state index in [0.717, 1.165) is 25.0 Å². The number of aromatic nitrogens is 4. The van der Waals surface area contributed by atoms with Crippen LogP contribution in [0.25, 0.3) is 22.3 Å². The Labute approximate surface area is 228 Å². The van der Waals surface area contributed by atoms with Crippen molar-refractivity contribution in [3.05, 3.63) is 102 Å². The zero-order chi connectivity index (χ0) is 27.6. The summed E-state index contributed by atoms with van der Waals surface area (Å²) in [6.07, 6.45) is 4.35. The fourth-order valence-electron chi connectivity index (χ4n) is 4.67. The standard InChI is InChI=1S/C30H25FN6O3/c31-20-8-3-5-18(13-20)16-33-30(40)37-27(19-6-4-7-19)15-25(36-37)22-12-11-21(14-28(22)38)34-29(39)26-17-32-23-9-1-2-10-24(23)35-26/h1-3,5,8-15,17,19,38H,4,6-7,16H2,(H,33,40)(H,34,39). The zero-order valence-electron chi connectivity index (χ0n) is 21.3. The molecule has 3 N–H and O–H groups in total. The van der Waals surface area contributed by atoms with Crippen molar-refractivity contribution in [2.45, 2.75) is 31.7 Å². The van der Waals surface area contributed by atoms with E-state index in [1.54, 1.807) is 30.3 Å². The first-order valence-corrected chi connectivity index (χ1v) is 12.9. The Balaban J connectivity index is 1.21. The highest BCUT2D eigenvalue weighted by atomic mass is 19.1. The molecule has 3 aromatic carbocycles. The summed E-state index contributed by atoms with van der Waals surface area (Å²) in [5, 5.41) is 20.9. The number of phenols is 1. The normalized spacial score (nSPS) is 13.1. The van der Waals surface area contributed by atoms with Crippen molar-refractivity contribution in [3.8, 4) is 17.0 Å². The Kier molecular flexibility index (Phi) is 6.65. The number of carbonyl (C=O) groups excluding carboxylic acids is 2. The van der Waals surface area contributed by atoms with Crippen molar-refractivity contribution in [1.82, 2.24) is 25.1 Å². The van der Waals surface area contributed by atoms with E-state index >= 15 is 0 Å². The molecule has 5 aromatic rings. The predicted octanol–water partition coefficient (Wildman–Crippen LogP) is 5.62. The molecular formula is C30H25FN6O3. The maximum absolute atomic E-state index is 13.5. The number of benzene rings is 3. The number of phenolic OH excluding ortho intramolecular Hbond substituents is 1. The molecule has 1 fully saturated rings. The largest absolute Gasteiger partial charge is 0.507 e. The molecule has 40 heavy (non-hydrogen) atoms. The van der Waals surface area contributed by atoms with Crippen LogP contribution in [0.15, 0.2) is 79.0 Å². The summed E-state index contributed by atoms with van der Waals surface area (Å²) in [6, 6.07) is 19.4. The lowest BCUT2D eigenvalue weighted by Gasteiger charge is -2.25. The summed E-state index contributed by atoms with van der Waals surface area (Å²) >= 11 is 0. The molecule has 9 nitrogen and oxygen atoms in total. The van der Waals surface area contributed by atoms with Crippen molar-refractivity contribution in [2.24, 2.45) is 0 Å². The molecule has 0 radical (unpaired) electrons. The van der Waals surface area contributed by atoms with E-state index in [1.165, 1.54) is 29.1 Å². The van der Waals surface area contributed by atoms with Gasteiger partial charge in [-0.1, -0.05) is 30.7 Å². The molecule has 0 saturated heterocycles. The highest BCUT2D eigenvalue weighted by molar-refractivity contribution is 6.03. The summed E-state index contributed by atoms with van der Waals surface area (Å²) in [5.41, 5.74) is 4.04. The minimum absolute atomic E-state index is 0.104. The van der Waals surface area contributed by atoms with Crippen LogP contribution >= 0.6 is 0 Å². The Morgan fingerprint density at radius 2 is 1.82 bits per heavy atom. The molecule has 2 heterocycles. The van der Waals surface area contributed by atoms with Gasteiger partial charge in [0.2, 0.25) is 0 Å². The average Bonchev–Trinajstić information content (AvgIpc) is 3.35. The summed E-state index contributed by atoms with van der Waals surface area (Å²) in [4.78, 5) is 34.4. The fourth-order valence-corrected chi connectivity index (χ4v) is 4.67. The molecule has 1 saturated carbocycles. The Bertz CT molecular complexity index is 1750. The van der Waals surface area contributed by atoms with Gasteiger partial charge in [-0.25, -0.2) is 14.2 Å². The monoisotopic (exact) mass is 536 g/mol. The SMILES string of the molecule is O=C(Nc1ccc(-c2cc(C3CCC3)n(C(=O)NCc3cccc(F)c3)n2)c(O)c1)c1cnc2ccccc2n1. The van der Waals surface area contributed by atoms with Crippen LogP contribution in [0.2, 0.25) is 0 Å². The first kappa shape index (κ1) is 25.2. The second-order valence-electron chi connectivity index (χ2n) is 9.71. The lowest BCUT2D eigenvalue weighted by molar-refractivity contribution is 0.102. The summed E-state index contributed by atoms with van der Waals surface area (Å²) in [5.74, 6) is -0.752. The molecule has 1 aliphatic carbocycles. The average molecular weight is 537 g/mol. The number of nitrogens with zero attached hydrogens (tertiary/aromatic N) is 4. The van der Waals surface area contributed by atoms with Gasteiger partial charge in [0.1, 0.15) is 17.3 Å². The van der Waals surface area contributed by atoms with Crippen LogP contribution in [-0.2, 0) is 6.54 Å². The number of aromatic hydroxyl groups is 1. The van der Waals surface area contributed by atoms with Gasteiger partial charge in [0.25, 0.3) is 5.91 Å². The predicted molar refractivity (Wildman–Crippen MR) is 147 cm³/mol. The maximum atomic E-state index is 13.5. The molecule has 0 atom stereocenters. The van der Waals surface area contributed by atoms with Gasteiger partial charge in [-0.2, -0.15) is 9.78 Å². The molecule has 2 aromatic heterocycles. The van der Waals surface area contributed by atoms with Crippen LogP contribution < -0.4 is 10.6 Å². The third kappa shape index (κ3) is 5.11. The van der Waals surface area contributed by atoms with Crippen LogP contribution in [-0.4, -0.2) is 36.8 Å². The summed E-state index contributed by atoms with van der Waals surface area (Å²) in [7, 11) is 0. The molecule has 1 aliphatic rings. The van der Waals surface area contributed by atoms with E-state index < -0.39 is 11.9 Å². The van der Waals surface area contributed by atoms with Gasteiger partial charge >= 0.3 is 6.03 Å². The molecule has 200 valence electrons. The Morgan fingerprint density at radius 3 is 2.58 bits per heavy atom. The van der Waals surface area contributed by atoms with E-state index in [-0.39, 0.29) is 29.7 Å². The van der Waals surface area contributed by atoms with Gasteiger partial charge in [-0.05, 0) is 60.9 Å². The third-order valence-electron chi connectivity index (χ3n) is 7.00. The number of hydrogen-bond acceptors (Lipinski definition) is 6. The topological polar surface area (TPSA) is 122 Å². The lowest BCUT2D eigenvalue weighted by atomic mass is 9.82. The van der Waals surface area contributed by atoms with Gasteiger partial charge in [-0.3, -0.25) is 9.78 Å². The van der Waals surface area contributed by atoms with E-state index in [2.05, 4.69) is 25.7 Å². The number of halogens is 1. The molecule has 0 unspecified atom stereocenters. The van der Waals surface area contributed by atoms with Gasteiger partial charge in [-0.15, -0.1) is 0 Å². The molecule has 2 amide bonds. The van der Waals surface area contributed by atoms with Crippen LogP contribution in [0.3, 0.4) is 0 Å². The molecule has 6 rings (SSSR count). The fraction of sp³-hybridized carbons (Fsp3) is 0.167. The number of nitrogens with one attached hydrogen (secondary N) is 2. The molecule has 0 bridgehead atoms. The molecule has 0 spiro atoms. The number of hydrogen-bond donors (Lipinski definition) is 3. The lowest BCUT2D eigenvalue weighted by Crippen LogP contribution is -2.31. The quantitative estimate of drug-likeness (QED) is 0.259. The first-order chi connectivity index (χ1) is 19.4. The van der Waals surface area contributed by atoms with Crippen LogP contribution in [0, 0.1) is 5.82 Å². The summed E-state index contributed by atoms with van der Waals surface area (Å²) < 4.78 is 14.9. The number of rotatable bonds is 6. The van der Waals surface area contributed by atoms with Crippen LogP contribution in [0.5, 0.6) is 5.75 Å². The maximum Gasteiger partial charge on any atom is 0.342 e. The minimum atomic E-state index is -0.461. The van der Waals surface area contributed by atoms with E-state index in [4.69, 9.17) is 0 Å². The zero-order valence-corrected chi connectivity index (χ0v) is 21.3. The number of fused-ring (bicyclic) bond motifs is 1. The van der Waals surface area contributed by atoms with E-state index in [0.29, 0.717) is 33.5 Å². The van der Waals surface area contributed by atoms with Gasteiger partial charge in [0, 0.05) is 29.8 Å². The second-order valence-corrected chi connectivity index (χ2v) is 9.71. The Hall–Kier alpha value is -5.12. The van der Waals surface area contributed by atoms with Crippen molar-refractivity contribution in [3.63, 3.8) is 0 Å².